The van der Waals surface area contributed by atoms with E-state index in [2.05, 4.69) is 24.8 Å². The normalized spacial score (nSPS) is 22.5. The van der Waals surface area contributed by atoms with Crippen LogP contribution in [0.1, 0.15) is 13.8 Å². The molecule has 0 aromatic heterocycles. The lowest BCUT2D eigenvalue weighted by molar-refractivity contribution is 0.161. The van der Waals surface area contributed by atoms with Gasteiger partial charge in [-0.05, 0) is 13.8 Å². The average Bonchev–Trinajstić information content (AvgIpc) is 2.05. The maximum Gasteiger partial charge on any atom is 0.0317 e. The Bertz CT molecular complexity index is 145. The quantitative estimate of drug-likeness (QED) is 0.556. The molecule has 0 amide bonds. The van der Waals surface area contributed by atoms with E-state index >= 15 is 0 Å². The van der Waals surface area contributed by atoms with Gasteiger partial charge in [0.2, 0.25) is 0 Å². The van der Waals surface area contributed by atoms with Gasteiger partial charge in [0.05, 0.1) is 0 Å². The van der Waals surface area contributed by atoms with Gasteiger partial charge in [-0.25, -0.2) is 5.01 Å². The number of nitrogens with two attached hydrogens (primary N) is 1. The molecule has 1 aliphatic heterocycles. The maximum absolute atomic E-state index is 5.63. The Morgan fingerprint density at radius 2 is 1.82 bits per heavy atom. The monoisotopic (exact) mass is 155 g/mol. The third-order valence-corrected chi connectivity index (χ3v) is 2.23. The van der Waals surface area contributed by atoms with Crippen LogP contribution in [0.2, 0.25) is 0 Å². The molecule has 1 rings (SSSR count). The van der Waals surface area contributed by atoms with Crippen LogP contribution in [0.5, 0.6) is 0 Å². The maximum atomic E-state index is 5.63. The summed E-state index contributed by atoms with van der Waals surface area (Å²) < 4.78 is 0. The molecule has 1 saturated heterocycles. The van der Waals surface area contributed by atoms with Crippen LogP contribution in [0.25, 0.3) is 0 Å². The van der Waals surface area contributed by atoms with Crippen LogP contribution in [0.4, 0.5) is 0 Å². The van der Waals surface area contributed by atoms with Gasteiger partial charge in [-0.3, -0.25) is 5.84 Å². The van der Waals surface area contributed by atoms with Gasteiger partial charge in [0.15, 0.2) is 0 Å². The SMILES string of the molecule is CC=C(C)N1CCN(N)CC1. The third-order valence-electron chi connectivity index (χ3n) is 2.23. The first kappa shape index (κ1) is 8.56. The lowest BCUT2D eigenvalue weighted by Gasteiger charge is -2.34. The van der Waals surface area contributed by atoms with Crippen molar-refractivity contribution in [2.75, 3.05) is 26.2 Å². The van der Waals surface area contributed by atoms with Gasteiger partial charge in [-0.1, -0.05) is 6.08 Å². The lowest BCUT2D eigenvalue weighted by atomic mass is 10.3. The predicted octanol–water partition coefficient (Wildman–Crippen LogP) is 0.401. The van der Waals surface area contributed by atoms with Gasteiger partial charge in [-0.2, -0.15) is 0 Å². The Labute approximate surface area is 68.4 Å². The molecule has 64 valence electrons. The van der Waals surface area contributed by atoms with Crippen LogP contribution in [0, 0.1) is 0 Å². The molecule has 0 spiro atoms. The summed E-state index contributed by atoms with van der Waals surface area (Å²) >= 11 is 0. The highest BCUT2D eigenvalue weighted by Crippen LogP contribution is 2.05. The van der Waals surface area contributed by atoms with E-state index in [0.717, 1.165) is 26.2 Å². The Morgan fingerprint density at radius 3 is 2.27 bits per heavy atom. The molecule has 0 unspecified atom stereocenters. The van der Waals surface area contributed by atoms with Crippen LogP contribution >= 0.6 is 0 Å². The van der Waals surface area contributed by atoms with E-state index in [0.29, 0.717) is 0 Å². The molecule has 1 fully saturated rings. The molecule has 0 bridgehead atoms. The largest absolute Gasteiger partial charge is 0.373 e. The molecule has 0 saturated carbocycles. The molecule has 0 aromatic carbocycles. The first-order valence-corrected chi connectivity index (χ1v) is 4.11. The molecule has 1 aliphatic rings. The summed E-state index contributed by atoms with van der Waals surface area (Å²) in [5.41, 5.74) is 1.36. The zero-order chi connectivity index (χ0) is 8.27. The van der Waals surface area contributed by atoms with Crippen molar-refractivity contribution >= 4 is 0 Å². The van der Waals surface area contributed by atoms with Gasteiger partial charge < -0.3 is 4.90 Å². The topological polar surface area (TPSA) is 32.5 Å². The molecule has 3 nitrogen and oxygen atoms in total. The minimum Gasteiger partial charge on any atom is -0.373 e. The van der Waals surface area contributed by atoms with E-state index in [1.54, 1.807) is 0 Å². The summed E-state index contributed by atoms with van der Waals surface area (Å²) in [6.45, 7) is 8.30. The highest BCUT2D eigenvalue weighted by Gasteiger charge is 2.12. The summed E-state index contributed by atoms with van der Waals surface area (Å²) in [7, 11) is 0. The van der Waals surface area contributed by atoms with Gasteiger partial charge in [-0.15, -0.1) is 0 Å². The second-order valence-corrected chi connectivity index (χ2v) is 2.95. The van der Waals surface area contributed by atoms with Crippen molar-refractivity contribution < 1.29 is 0 Å². The molecule has 1 heterocycles. The number of nitrogens with zero attached hydrogens (tertiary/aromatic N) is 2. The molecular weight excluding hydrogens is 138 g/mol. The van der Waals surface area contributed by atoms with Crippen molar-refractivity contribution in [2.24, 2.45) is 5.84 Å². The average molecular weight is 155 g/mol. The predicted molar refractivity (Wildman–Crippen MR) is 46.8 cm³/mol. The molecule has 0 radical (unpaired) electrons. The molecule has 0 aromatic rings. The van der Waals surface area contributed by atoms with E-state index < -0.39 is 0 Å². The van der Waals surface area contributed by atoms with E-state index in [-0.39, 0.29) is 0 Å². The van der Waals surface area contributed by atoms with Crippen LogP contribution in [0.15, 0.2) is 11.8 Å². The molecule has 3 heteroatoms. The number of rotatable bonds is 1. The Morgan fingerprint density at radius 1 is 1.27 bits per heavy atom. The fraction of sp³-hybridized carbons (Fsp3) is 0.750. The van der Waals surface area contributed by atoms with Crippen molar-refractivity contribution in [3.63, 3.8) is 0 Å². The summed E-state index contributed by atoms with van der Waals surface area (Å²) in [5, 5.41) is 1.87. The highest BCUT2D eigenvalue weighted by atomic mass is 15.4. The fourth-order valence-corrected chi connectivity index (χ4v) is 1.26. The second kappa shape index (κ2) is 3.74. The van der Waals surface area contributed by atoms with E-state index in [4.69, 9.17) is 5.84 Å². The van der Waals surface area contributed by atoms with Crippen molar-refractivity contribution in [3.8, 4) is 0 Å². The van der Waals surface area contributed by atoms with Gasteiger partial charge in [0.25, 0.3) is 0 Å². The highest BCUT2D eigenvalue weighted by molar-refractivity contribution is 4.96. The molecular formula is C8H17N3. The number of hydrogen-bond acceptors (Lipinski definition) is 3. The van der Waals surface area contributed by atoms with E-state index in [1.165, 1.54) is 5.70 Å². The zero-order valence-electron chi connectivity index (χ0n) is 7.38. The third kappa shape index (κ3) is 2.20. The van der Waals surface area contributed by atoms with Gasteiger partial charge in [0.1, 0.15) is 0 Å². The molecule has 0 aliphatic carbocycles. The Kier molecular flexibility index (Phi) is 2.91. The minimum atomic E-state index is 0.977. The Hall–Kier alpha value is -0.540. The first-order chi connectivity index (χ1) is 5.24. The number of piperazine rings is 1. The standard InChI is InChI=1S/C8H17N3/c1-3-8(2)10-4-6-11(9)7-5-10/h3H,4-7,9H2,1-2H3. The summed E-state index contributed by atoms with van der Waals surface area (Å²) in [5.74, 6) is 5.63. The fourth-order valence-electron chi connectivity index (χ4n) is 1.26. The van der Waals surface area contributed by atoms with E-state index in [9.17, 15) is 0 Å². The number of hydrogen-bond donors (Lipinski definition) is 1. The first-order valence-electron chi connectivity index (χ1n) is 4.11. The van der Waals surface area contributed by atoms with Gasteiger partial charge in [0, 0.05) is 31.9 Å². The van der Waals surface area contributed by atoms with Crippen LogP contribution in [-0.4, -0.2) is 36.1 Å². The van der Waals surface area contributed by atoms with Crippen molar-refractivity contribution in [1.82, 2.24) is 9.91 Å². The number of allylic oxidation sites excluding steroid dienone is 2. The van der Waals surface area contributed by atoms with Crippen molar-refractivity contribution in [3.05, 3.63) is 11.8 Å². The van der Waals surface area contributed by atoms with Crippen molar-refractivity contribution in [1.29, 1.82) is 0 Å². The zero-order valence-corrected chi connectivity index (χ0v) is 7.38. The molecule has 11 heavy (non-hydrogen) atoms. The Balaban J connectivity index is 2.39. The lowest BCUT2D eigenvalue weighted by Crippen LogP contribution is -2.48. The molecule has 0 atom stereocenters. The minimum absolute atomic E-state index is 0.977. The number of hydrazine groups is 1. The van der Waals surface area contributed by atoms with Crippen LogP contribution in [-0.2, 0) is 0 Å². The summed E-state index contributed by atoms with van der Waals surface area (Å²) in [6.07, 6.45) is 2.15. The van der Waals surface area contributed by atoms with Gasteiger partial charge >= 0.3 is 0 Å². The van der Waals surface area contributed by atoms with E-state index in [1.807, 2.05) is 5.01 Å². The summed E-state index contributed by atoms with van der Waals surface area (Å²) in [4.78, 5) is 2.36. The van der Waals surface area contributed by atoms with Crippen LogP contribution in [0.3, 0.4) is 0 Å². The van der Waals surface area contributed by atoms with Crippen LogP contribution < -0.4 is 5.84 Å². The van der Waals surface area contributed by atoms with Crippen molar-refractivity contribution in [2.45, 2.75) is 13.8 Å². The second-order valence-electron chi connectivity index (χ2n) is 2.95. The smallest absolute Gasteiger partial charge is 0.0317 e. The summed E-state index contributed by atoms with van der Waals surface area (Å²) in [6, 6.07) is 0. The molecule has 2 N–H and O–H groups in total.